The Morgan fingerprint density at radius 1 is 1.44 bits per heavy atom. The first-order chi connectivity index (χ1) is 7.11. The second-order valence-corrected chi connectivity index (χ2v) is 2.35. The lowest BCUT2D eigenvalue weighted by atomic mass is 10.4. The second kappa shape index (κ2) is 7.53. The van der Waals surface area contributed by atoms with Gasteiger partial charge in [0.1, 0.15) is 0 Å². The summed E-state index contributed by atoms with van der Waals surface area (Å²) in [6.07, 6.45) is -5.08. The summed E-state index contributed by atoms with van der Waals surface area (Å²) >= 11 is 0. The van der Waals surface area contributed by atoms with Crippen LogP contribution in [0.2, 0.25) is 0 Å². The van der Waals surface area contributed by atoms with Crippen LogP contribution < -0.4 is 5.73 Å². The Balaban J connectivity index is 0. The minimum Gasteiger partial charge on any atom is -0.475 e. The van der Waals surface area contributed by atoms with Crippen LogP contribution >= 0.6 is 0 Å². The summed E-state index contributed by atoms with van der Waals surface area (Å²) in [4.78, 5) is 19.2. The third kappa shape index (κ3) is 12.2. The van der Waals surface area contributed by atoms with Gasteiger partial charge in [0.05, 0.1) is 13.2 Å². The molecule has 0 fully saturated rings. The van der Waals surface area contributed by atoms with Crippen molar-refractivity contribution in [2.24, 2.45) is 5.73 Å². The van der Waals surface area contributed by atoms with Gasteiger partial charge in [-0.15, -0.1) is 0 Å². The largest absolute Gasteiger partial charge is 0.490 e. The highest BCUT2D eigenvalue weighted by Crippen LogP contribution is 2.13. The number of carbonyl (C=O) groups is 2. The predicted molar refractivity (Wildman–Crippen MR) is 47.1 cm³/mol. The molecule has 5 nitrogen and oxygen atoms in total. The maximum absolute atomic E-state index is 10.6. The number of aliphatic carboxylic acids is 1. The minimum absolute atomic E-state index is 0.274. The van der Waals surface area contributed by atoms with Crippen LogP contribution in [-0.2, 0) is 14.3 Å². The van der Waals surface area contributed by atoms with Gasteiger partial charge in [0.25, 0.3) is 0 Å². The SMILES string of the molecule is COC(=O)C#CC(C)N.O=C(O)C(F)(F)F. The highest BCUT2D eigenvalue weighted by molar-refractivity contribution is 5.88. The molecule has 8 heteroatoms. The average Bonchev–Trinajstić information content (AvgIpc) is 2.13. The van der Waals surface area contributed by atoms with Gasteiger partial charge in [-0.1, -0.05) is 5.92 Å². The van der Waals surface area contributed by atoms with E-state index in [0.717, 1.165) is 0 Å². The molecular weight excluding hydrogens is 231 g/mol. The van der Waals surface area contributed by atoms with Crippen molar-refractivity contribution in [2.75, 3.05) is 7.11 Å². The van der Waals surface area contributed by atoms with Gasteiger partial charge in [-0.25, -0.2) is 9.59 Å². The van der Waals surface area contributed by atoms with Crippen molar-refractivity contribution < 1.29 is 32.6 Å². The number of hydrogen-bond donors (Lipinski definition) is 2. The molecule has 0 bridgehead atoms. The molecule has 3 N–H and O–H groups in total. The topological polar surface area (TPSA) is 89.6 Å². The zero-order valence-electron chi connectivity index (χ0n) is 8.46. The van der Waals surface area contributed by atoms with Crippen molar-refractivity contribution in [3.63, 3.8) is 0 Å². The predicted octanol–water partition coefficient (Wildman–Crippen LogP) is 0.143. The first kappa shape index (κ1) is 16.7. The Kier molecular flexibility index (Phi) is 7.85. The third-order valence-corrected chi connectivity index (χ3v) is 0.830. The molecule has 0 rings (SSSR count). The van der Waals surface area contributed by atoms with E-state index in [1.807, 2.05) is 0 Å². The van der Waals surface area contributed by atoms with Crippen molar-refractivity contribution >= 4 is 11.9 Å². The monoisotopic (exact) mass is 241 g/mol. The van der Waals surface area contributed by atoms with Crippen LogP contribution in [-0.4, -0.2) is 36.4 Å². The number of halogens is 3. The maximum atomic E-state index is 10.6. The Morgan fingerprint density at radius 3 is 2.00 bits per heavy atom. The molecule has 1 unspecified atom stereocenters. The maximum Gasteiger partial charge on any atom is 0.490 e. The molecule has 0 amide bonds. The fourth-order valence-electron chi connectivity index (χ4n) is 0.224. The number of carboxylic acid groups (broad SMARTS) is 1. The van der Waals surface area contributed by atoms with E-state index < -0.39 is 18.1 Å². The van der Waals surface area contributed by atoms with Gasteiger partial charge in [-0.05, 0) is 6.92 Å². The number of carboxylic acids is 1. The average molecular weight is 241 g/mol. The van der Waals surface area contributed by atoms with E-state index >= 15 is 0 Å². The Bertz CT molecular complexity index is 301. The molecule has 1 atom stereocenters. The fourth-order valence-corrected chi connectivity index (χ4v) is 0.224. The molecule has 0 aliphatic carbocycles. The fraction of sp³-hybridized carbons (Fsp3) is 0.500. The summed E-state index contributed by atoms with van der Waals surface area (Å²) in [5, 5.41) is 7.12. The second-order valence-electron chi connectivity index (χ2n) is 2.35. The molecule has 0 aliphatic heterocycles. The standard InChI is InChI=1S/C6H9NO2.C2HF3O2/c1-5(7)3-4-6(8)9-2;3-2(4,5)1(6)7/h5H,7H2,1-2H3;(H,6,7). The summed E-state index contributed by atoms with van der Waals surface area (Å²) in [6.45, 7) is 1.69. The number of alkyl halides is 3. The van der Waals surface area contributed by atoms with E-state index in [-0.39, 0.29) is 6.04 Å². The summed E-state index contributed by atoms with van der Waals surface area (Å²) in [7, 11) is 1.28. The quantitative estimate of drug-likeness (QED) is 0.358. The van der Waals surface area contributed by atoms with Gasteiger partial charge in [0.15, 0.2) is 0 Å². The summed E-state index contributed by atoms with van der Waals surface area (Å²) in [6, 6.07) is -0.274. The summed E-state index contributed by atoms with van der Waals surface area (Å²) < 4.78 is 36.0. The number of nitrogens with two attached hydrogens (primary N) is 1. The molecule has 0 aromatic rings. The molecule has 0 aromatic carbocycles. The van der Waals surface area contributed by atoms with E-state index in [1.165, 1.54) is 7.11 Å². The molecule has 0 aromatic heterocycles. The lowest BCUT2D eigenvalue weighted by Gasteiger charge is -1.93. The van der Waals surface area contributed by atoms with E-state index in [4.69, 9.17) is 15.6 Å². The zero-order valence-corrected chi connectivity index (χ0v) is 8.46. The van der Waals surface area contributed by atoms with Crippen LogP contribution in [0.4, 0.5) is 13.2 Å². The molecule has 92 valence electrons. The molecular formula is C8H10F3NO4. The minimum atomic E-state index is -5.08. The van der Waals surface area contributed by atoms with Crippen molar-refractivity contribution in [3.05, 3.63) is 0 Å². The number of esters is 1. The van der Waals surface area contributed by atoms with Crippen LogP contribution in [0.25, 0.3) is 0 Å². The van der Waals surface area contributed by atoms with Crippen LogP contribution in [0.15, 0.2) is 0 Å². The van der Waals surface area contributed by atoms with Crippen LogP contribution in [0.3, 0.4) is 0 Å². The van der Waals surface area contributed by atoms with Gasteiger partial charge in [-0.3, -0.25) is 0 Å². The lowest BCUT2D eigenvalue weighted by molar-refractivity contribution is -0.192. The number of hydrogen-bond acceptors (Lipinski definition) is 4. The Hall–Kier alpha value is -1.75. The highest BCUT2D eigenvalue weighted by atomic mass is 19.4. The highest BCUT2D eigenvalue weighted by Gasteiger charge is 2.38. The summed E-state index contributed by atoms with van der Waals surface area (Å²) in [5.74, 6) is 1.34. The number of ether oxygens (including phenoxy) is 1. The van der Waals surface area contributed by atoms with Crippen molar-refractivity contribution in [1.82, 2.24) is 0 Å². The van der Waals surface area contributed by atoms with Gasteiger partial charge >= 0.3 is 18.1 Å². The van der Waals surface area contributed by atoms with Crippen molar-refractivity contribution in [1.29, 1.82) is 0 Å². The van der Waals surface area contributed by atoms with Crippen LogP contribution in [0.1, 0.15) is 6.92 Å². The van der Waals surface area contributed by atoms with Crippen molar-refractivity contribution in [2.45, 2.75) is 19.1 Å². The Morgan fingerprint density at radius 2 is 1.81 bits per heavy atom. The summed E-state index contributed by atoms with van der Waals surface area (Å²) in [5.41, 5.74) is 5.21. The number of methoxy groups -OCH3 is 1. The van der Waals surface area contributed by atoms with Crippen molar-refractivity contribution in [3.8, 4) is 11.8 Å². The van der Waals surface area contributed by atoms with E-state index in [1.54, 1.807) is 6.92 Å². The van der Waals surface area contributed by atoms with E-state index in [9.17, 15) is 18.0 Å². The van der Waals surface area contributed by atoms with E-state index in [0.29, 0.717) is 0 Å². The number of rotatable bonds is 0. The first-order valence-corrected chi connectivity index (χ1v) is 3.76. The van der Waals surface area contributed by atoms with Gasteiger partial charge in [0, 0.05) is 5.92 Å². The molecule has 0 spiro atoms. The molecule has 16 heavy (non-hydrogen) atoms. The van der Waals surface area contributed by atoms with Gasteiger partial charge in [-0.2, -0.15) is 13.2 Å². The molecule has 0 radical (unpaired) electrons. The smallest absolute Gasteiger partial charge is 0.475 e. The molecule has 0 aliphatic rings. The van der Waals surface area contributed by atoms with Gasteiger partial charge in [0.2, 0.25) is 0 Å². The van der Waals surface area contributed by atoms with E-state index in [2.05, 4.69) is 16.6 Å². The normalized spacial score (nSPS) is 11.1. The molecule has 0 heterocycles. The van der Waals surface area contributed by atoms with Crippen LogP contribution in [0, 0.1) is 11.8 Å². The van der Waals surface area contributed by atoms with Gasteiger partial charge < -0.3 is 15.6 Å². The number of carbonyl (C=O) groups excluding carboxylic acids is 1. The lowest BCUT2D eigenvalue weighted by Crippen LogP contribution is -2.21. The molecule has 0 saturated carbocycles. The van der Waals surface area contributed by atoms with Crippen LogP contribution in [0.5, 0.6) is 0 Å². The Labute approximate surface area is 89.4 Å². The molecule has 0 saturated heterocycles. The third-order valence-electron chi connectivity index (χ3n) is 0.830. The first-order valence-electron chi connectivity index (χ1n) is 3.76. The zero-order chi connectivity index (χ0) is 13.4.